The minimum Gasteiger partial charge on any atom is -0.358 e. The maximum absolute atomic E-state index is 12.5. The number of fused-ring (bicyclic) bond motifs is 1. The van der Waals surface area contributed by atoms with E-state index in [0.717, 1.165) is 61.8 Å². The highest BCUT2D eigenvalue weighted by Crippen LogP contribution is 2.31. The van der Waals surface area contributed by atoms with E-state index in [4.69, 9.17) is 0 Å². The number of likely N-dealkylation sites (N-methyl/N-ethyl adjacent to an activating group) is 1. The number of nitrogens with one attached hydrogen (secondary N) is 2. The normalized spacial score (nSPS) is 22.0. The van der Waals surface area contributed by atoms with Gasteiger partial charge in [-0.15, -0.1) is 11.3 Å². The van der Waals surface area contributed by atoms with E-state index in [1.54, 1.807) is 11.3 Å². The van der Waals surface area contributed by atoms with E-state index in [1.165, 1.54) is 29.7 Å². The molecule has 0 unspecified atom stereocenters. The van der Waals surface area contributed by atoms with Gasteiger partial charge in [-0.2, -0.15) is 5.10 Å². The molecule has 0 bridgehead atoms. The summed E-state index contributed by atoms with van der Waals surface area (Å²) in [6.07, 6.45) is 6.76. The molecule has 1 aliphatic carbocycles. The molecule has 29 heavy (non-hydrogen) atoms. The minimum atomic E-state index is -0.119. The molecule has 2 N–H and O–H groups in total. The molecule has 1 fully saturated rings. The summed E-state index contributed by atoms with van der Waals surface area (Å²) >= 11 is 1.61. The first kappa shape index (κ1) is 18.8. The second kappa shape index (κ2) is 7.89. The number of rotatable bonds is 4. The van der Waals surface area contributed by atoms with Gasteiger partial charge in [0.1, 0.15) is 5.71 Å². The van der Waals surface area contributed by atoms with Gasteiger partial charge in [0.2, 0.25) is 0 Å². The van der Waals surface area contributed by atoms with E-state index >= 15 is 0 Å². The number of hydrogen-bond donors (Lipinski definition) is 2. The number of aromatic nitrogens is 1. The number of H-pyrrole nitrogens is 1. The van der Waals surface area contributed by atoms with E-state index in [1.807, 2.05) is 23.6 Å². The van der Waals surface area contributed by atoms with Crippen molar-refractivity contribution in [2.45, 2.75) is 32.2 Å². The van der Waals surface area contributed by atoms with E-state index in [9.17, 15) is 4.79 Å². The lowest BCUT2D eigenvalue weighted by Crippen LogP contribution is -2.44. The summed E-state index contributed by atoms with van der Waals surface area (Å²) in [7, 11) is 2.19. The number of hydrogen-bond acceptors (Lipinski definition) is 5. The Morgan fingerprint density at radius 3 is 2.83 bits per heavy atom. The molecule has 0 saturated carbocycles. The van der Waals surface area contributed by atoms with Gasteiger partial charge in [0.15, 0.2) is 0 Å². The molecule has 0 radical (unpaired) electrons. The molecule has 2 aromatic rings. The predicted octanol–water partition coefficient (Wildman–Crippen LogP) is 2.62. The molecule has 7 heteroatoms. The van der Waals surface area contributed by atoms with Crippen molar-refractivity contribution < 1.29 is 4.79 Å². The van der Waals surface area contributed by atoms with Crippen molar-refractivity contribution in [1.29, 1.82) is 0 Å². The Bertz CT molecular complexity index is 964. The van der Waals surface area contributed by atoms with Crippen LogP contribution in [0.15, 0.2) is 28.2 Å². The maximum atomic E-state index is 12.5. The number of thiophene rings is 1. The Morgan fingerprint density at radius 1 is 1.21 bits per heavy atom. The van der Waals surface area contributed by atoms with Gasteiger partial charge in [0, 0.05) is 44.1 Å². The van der Waals surface area contributed by atoms with Crippen LogP contribution in [0.4, 0.5) is 0 Å². The van der Waals surface area contributed by atoms with Gasteiger partial charge in [0.25, 0.3) is 5.91 Å². The lowest BCUT2D eigenvalue weighted by Gasteiger charge is -2.32. The molecule has 0 spiro atoms. The predicted molar refractivity (Wildman–Crippen MR) is 117 cm³/mol. The molecule has 1 saturated heterocycles. The van der Waals surface area contributed by atoms with E-state index in [-0.39, 0.29) is 5.91 Å². The quantitative estimate of drug-likeness (QED) is 0.763. The summed E-state index contributed by atoms with van der Waals surface area (Å²) in [5.41, 5.74) is 9.37. The highest BCUT2D eigenvalue weighted by Gasteiger charge is 2.27. The first-order valence-corrected chi connectivity index (χ1v) is 11.3. The van der Waals surface area contributed by atoms with Gasteiger partial charge in [-0.3, -0.25) is 9.69 Å². The molecule has 3 aliphatic rings. The molecule has 2 aromatic heterocycles. The van der Waals surface area contributed by atoms with Gasteiger partial charge in [-0.25, -0.2) is 5.43 Å². The second-order valence-corrected chi connectivity index (χ2v) is 9.15. The standard InChI is InChI=1S/C22H27N5OS/c1-26-8-10-27(11-9-26)14-17-15-5-2-3-6-18(15)23-19(17)13-16-21(24-25-22(16)28)20-7-4-12-29-20/h4,7,12-13,23H,2-3,5-6,8-11,14H2,1H3,(H,25,28). The van der Waals surface area contributed by atoms with Crippen LogP contribution in [0.25, 0.3) is 6.08 Å². The maximum Gasteiger partial charge on any atom is 0.273 e. The Balaban J connectivity index is 1.51. The minimum absolute atomic E-state index is 0.119. The summed E-state index contributed by atoms with van der Waals surface area (Å²) in [4.78, 5) is 22.2. The molecule has 0 aromatic carbocycles. The number of piperazine rings is 1. The number of amides is 1. The third-order valence-electron chi connectivity index (χ3n) is 6.23. The number of carbonyl (C=O) groups excluding carboxylic acids is 1. The van der Waals surface area contributed by atoms with Crippen LogP contribution in [0.1, 0.15) is 40.2 Å². The van der Waals surface area contributed by atoms with Crippen LogP contribution < -0.4 is 5.43 Å². The molecular weight excluding hydrogens is 382 g/mol. The number of aryl methyl sites for hydroxylation is 1. The third kappa shape index (κ3) is 3.70. The van der Waals surface area contributed by atoms with E-state index < -0.39 is 0 Å². The van der Waals surface area contributed by atoms with Crippen LogP contribution in [0.3, 0.4) is 0 Å². The van der Waals surface area contributed by atoms with Crippen molar-refractivity contribution in [2.24, 2.45) is 5.10 Å². The molecule has 6 nitrogen and oxygen atoms in total. The highest BCUT2D eigenvalue weighted by atomic mass is 32.1. The summed E-state index contributed by atoms with van der Waals surface area (Å²) in [6, 6.07) is 4.01. The van der Waals surface area contributed by atoms with Crippen LogP contribution in [-0.2, 0) is 24.2 Å². The fraction of sp³-hybridized carbons (Fsp3) is 0.455. The van der Waals surface area contributed by atoms with Crippen LogP contribution >= 0.6 is 11.3 Å². The van der Waals surface area contributed by atoms with Crippen molar-refractivity contribution >= 4 is 29.0 Å². The van der Waals surface area contributed by atoms with Gasteiger partial charge in [0.05, 0.1) is 10.5 Å². The van der Waals surface area contributed by atoms with Crippen LogP contribution in [-0.4, -0.2) is 59.6 Å². The van der Waals surface area contributed by atoms with Crippen molar-refractivity contribution in [2.75, 3.05) is 33.2 Å². The number of hydrazone groups is 1. The van der Waals surface area contributed by atoms with Crippen LogP contribution in [0.2, 0.25) is 0 Å². The van der Waals surface area contributed by atoms with Gasteiger partial charge in [-0.1, -0.05) is 6.07 Å². The average Bonchev–Trinajstić information content (AvgIpc) is 3.45. The summed E-state index contributed by atoms with van der Waals surface area (Å²) in [5, 5.41) is 6.32. The Labute approximate surface area is 175 Å². The Morgan fingerprint density at radius 2 is 2.03 bits per heavy atom. The van der Waals surface area contributed by atoms with Gasteiger partial charge >= 0.3 is 0 Å². The summed E-state index contributed by atoms with van der Waals surface area (Å²) in [6.45, 7) is 5.36. The summed E-state index contributed by atoms with van der Waals surface area (Å²) in [5.74, 6) is -0.119. The van der Waals surface area contributed by atoms with Crippen LogP contribution in [0.5, 0.6) is 0 Å². The number of nitrogens with zero attached hydrogens (tertiary/aromatic N) is 3. The average molecular weight is 410 g/mol. The molecule has 1 amide bonds. The van der Waals surface area contributed by atoms with Crippen molar-refractivity contribution in [3.8, 4) is 0 Å². The zero-order valence-corrected chi connectivity index (χ0v) is 17.6. The zero-order valence-electron chi connectivity index (χ0n) is 16.8. The molecule has 2 aliphatic heterocycles. The lowest BCUT2D eigenvalue weighted by molar-refractivity contribution is -0.116. The number of aromatic amines is 1. The third-order valence-corrected chi connectivity index (χ3v) is 7.11. The van der Waals surface area contributed by atoms with E-state index in [2.05, 4.69) is 32.4 Å². The highest BCUT2D eigenvalue weighted by molar-refractivity contribution is 7.12. The van der Waals surface area contributed by atoms with Gasteiger partial charge in [-0.05, 0) is 61.4 Å². The zero-order chi connectivity index (χ0) is 19.8. The fourth-order valence-electron chi connectivity index (χ4n) is 4.52. The van der Waals surface area contributed by atoms with E-state index in [0.29, 0.717) is 5.57 Å². The Kier molecular flexibility index (Phi) is 5.11. The molecule has 4 heterocycles. The van der Waals surface area contributed by atoms with Crippen molar-refractivity contribution in [1.82, 2.24) is 20.2 Å². The molecule has 0 atom stereocenters. The topological polar surface area (TPSA) is 63.7 Å². The first-order valence-electron chi connectivity index (χ1n) is 10.5. The van der Waals surface area contributed by atoms with Crippen LogP contribution in [0, 0.1) is 0 Å². The second-order valence-electron chi connectivity index (χ2n) is 8.20. The largest absolute Gasteiger partial charge is 0.358 e. The van der Waals surface area contributed by atoms with Gasteiger partial charge < -0.3 is 9.88 Å². The Hall–Kier alpha value is -2.22. The smallest absolute Gasteiger partial charge is 0.273 e. The molecular formula is C22H27N5OS. The summed E-state index contributed by atoms with van der Waals surface area (Å²) < 4.78 is 0. The molecule has 152 valence electrons. The lowest BCUT2D eigenvalue weighted by atomic mass is 9.93. The SMILES string of the molecule is CN1CCN(Cc2c(C=C3C(=O)NN=C3c3cccs3)[nH]c3c2CCCC3)CC1. The fourth-order valence-corrected chi connectivity index (χ4v) is 5.25. The van der Waals surface area contributed by atoms with Crippen molar-refractivity contribution in [3.05, 3.63) is 50.5 Å². The number of carbonyl (C=O) groups is 1. The monoisotopic (exact) mass is 409 g/mol. The molecule has 5 rings (SSSR count). The first-order chi connectivity index (χ1) is 14.2. The van der Waals surface area contributed by atoms with Crippen molar-refractivity contribution in [3.63, 3.8) is 0 Å².